The van der Waals surface area contributed by atoms with E-state index < -0.39 is 0 Å². The Morgan fingerprint density at radius 1 is 1.50 bits per heavy atom. The first-order valence-corrected chi connectivity index (χ1v) is 6.63. The molecule has 0 aliphatic rings. The zero-order valence-corrected chi connectivity index (χ0v) is 10.2. The van der Waals surface area contributed by atoms with Gasteiger partial charge in [0.25, 0.3) is 5.91 Å². The molecule has 1 amide bonds. The minimum Gasteiger partial charge on any atom is -0.384 e. The van der Waals surface area contributed by atoms with Gasteiger partial charge in [0.2, 0.25) is 0 Å². The number of anilines is 1. The van der Waals surface area contributed by atoms with Crippen LogP contribution < -0.4 is 11.1 Å². The smallest absolute Gasteiger partial charge is 0.269 e. The lowest BCUT2D eigenvalue weighted by Gasteiger charge is -2.04. The SMILES string of the molecule is CSCCCCNC(=O)c1cccc(N)n1. The minimum absolute atomic E-state index is 0.156. The lowest BCUT2D eigenvalue weighted by Crippen LogP contribution is -2.25. The fourth-order valence-corrected chi connectivity index (χ4v) is 1.73. The molecule has 0 atom stereocenters. The van der Waals surface area contributed by atoms with E-state index in [2.05, 4.69) is 16.6 Å². The Bertz CT molecular complexity index is 344. The standard InChI is InChI=1S/C11H17N3OS/c1-16-8-3-2-7-13-11(15)9-5-4-6-10(12)14-9/h4-6H,2-3,7-8H2,1H3,(H2,12,14)(H,13,15). The molecule has 16 heavy (non-hydrogen) atoms. The van der Waals surface area contributed by atoms with Crippen LogP contribution in [0.1, 0.15) is 23.3 Å². The van der Waals surface area contributed by atoms with Gasteiger partial charge in [0.05, 0.1) is 0 Å². The van der Waals surface area contributed by atoms with Gasteiger partial charge in [-0.15, -0.1) is 0 Å². The first-order valence-electron chi connectivity index (χ1n) is 5.23. The van der Waals surface area contributed by atoms with Crippen LogP contribution in [0.4, 0.5) is 5.82 Å². The first kappa shape index (κ1) is 12.8. The van der Waals surface area contributed by atoms with Crippen LogP contribution in [0.2, 0.25) is 0 Å². The summed E-state index contributed by atoms with van der Waals surface area (Å²) >= 11 is 1.82. The van der Waals surface area contributed by atoms with Crippen molar-refractivity contribution in [2.75, 3.05) is 24.3 Å². The number of unbranched alkanes of at least 4 members (excludes halogenated alkanes) is 1. The number of carbonyl (C=O) groups excluding carboxylic acids is 1. The summed E-state index contributed by atoms with van der Waals surface area (Å²) in [5.41, 5.74) is 5.88. The summed E-state index contributed by atoms with van der Waals surface area (Å²) in [7, 11) is 0. The predicted octanol–water partition coefficient (Wildman–Crippen LogP) is 1.54. The Balaban J connectivity index is 2.30. The van der Waals surface area contributed by atoms with Crippen LogP contribution in [-0.2, 0) is 0 Å². The Kier molecular flexibility index (Phi) is 5.71. The van der Waals surface area contributed by atoms with Crippen molar-refractivity contribution < 1.29 is 4.79 Å². The third kappa shape index (κ3) is 4.53. The van der Waals surface area contributed by atoms with Crippen LogP contribution >= 0.6 is 11.8 Å². The summed E-state index contributed by atoms with van der Waals surface area (Å²) in [5, 5.41) is 2.82. The molecule has 3 N–H and O–H groups in total. The average Bonchev–Trinajstić information content (AvgIpc) is 2.28. The molecule has 0 fully saturated rings. The summed E-state index contributed by atoms with van der Waals surface area (Å²) in [6.07, 6.45) is 4.19. The van der Waals surface area contributed by atoms with Crippen molar-refractivity contribution in [2.24, 2.45) is 0 Å². The predicted molar refractivity (Wildman–Crippen MR) is 68.6 cm³/mol. The molecule has 0 saturated heterocycles. The zero-order valence-electron chi connectivity index (χ0n) is 9.40. The van der Waals surface area contributed by atoms with E-state index in [0.29, 0.717) is 18.1 Å². The number of rotatable bonds is 6. The molecule has 0 radical (unpaired) electrons. The highest BCUT2D eigenvalue weighted by Gasteiger charge is 2.05. The van der Waals surface area contributed by atoms with E-state index in [9.17, 15) is 4.79 Å². The van der Waals surface area contributed by atoms with Gasteiger partial charge in [-0.1, -0.05) is 6.07 Å². The highest BCUT2D eigenvalue weighted by molar-refractivity contribution is 7.98. The number of aromatic nitrogens is 1. The highest BCUT2D eigenvalue weighted by Crippen LogP contribution is 2.01. The average molecular weight is 239 g/mol. The molecule has 88 valence electrons. The normalized spacial score (nSPS) is 10.1. The Hall–Kier alpha value is -1.23. The maximum atomic E-state index is 11.6. The Morgan fingerprint density at radius 2 is 2.31 bits per heavy atom. The van der Waals surface area contributed by atoms with E-state index in [4.69, 9.17) is 5.73 Å². The molecule has 0 bridgehead atoms. The zero-order chi connectivity index (χ0) is 11.8. The van der Waals surface area contributed by atoms with Gasteiger partial charge in [0.15, 0.2) is 0 Å². The van der Waals surface area contributed by atoms with E-state index in [-0.39, 0.29) is 5.91 Å². The van der Waals surface area contributed by atoms with Crippen LogP contribution in [0.5, 0.6) is 0 Å². The van der Waals surface area contributed by atoms with E-state index in [0.717, 1.165) is 18.6 Å². The molecular formula is C11H17N3OS. The number of nitrogens with zero attached hydrogens (tertiary/aromatic N) is 1. The van der Waals surface area contributed by atoms with Crippen LogP contribution in [0, 0.1) is 0 Å². The molecule has 0 unspecified atom stereocenters. The number of thioether (sulfide) groups is 1. The second kappa shape index (κ2) is 7.11. The van der Waals surface area contributed by atoms with Gasteiger partial charge >= 0.3 is 0 Å². The lowest BCUT2D eigenvalue weighted by molar-refractivity contribution is 0.0948. The van der Waals surface area contributed by atoms with E-state index in [1.807, 2.05) is 11.8 Å². The number of nitrogens with one attached hydrogen (secondary N) is 1. The summed E-state index contributed by atoms with van der Waals surface area (Å²) in [6, 6.07) is 5.05. The quantitative estimate of drug-likeness (QED) is 0.739. The lowest BCUT2D eigenvalue weighted by atomic mass is 10.3. The van der Waals surface area contributed by atoms with Gasteiger partial charge in [0, 0.05) is 6.54 Å². The van der Waals surface area contributed by atoms with E-state index in [1.54, 1.807) is 18.2 Å². The van der Waals surface area contributed by atoms with Crippen LogP contribution in [0.15, 0.2) is 18.2 Å². The van der Waals surface area contributed by atoms with Crippen molar-refractivity contribution in [3.8, 4) is 0 Å². The van der Waals surface area contributed by atoms with Crippen molar-refractivity contribution in [3.05, 3.63) is 23.9 Å². The molecular weight excluding hydrogens is 222 g/mol. The van der Waals surface area contributed by atoms with Crippen molar-refractivity contribution in [2.45, 2.75) is 12.8 Å². The van der Waals surface area contributed by atoms with Crippen LogP contribution in [0.25, 0.3) is 0 Å². The number of nitrogens with two attached hydrogens (primary N) is 1. The van der Waals surface area contributed by atoms with Gasteiger partial charge in [-0.2, -0.15) is 11.8 Å². The summed E-state index contributed by atoms with van der Waals surface area (Å²) < 4.78 is 0. The van der Waals surface area contributed by atoms with E-state index in [1.165, 1.54) is 0 Å². The van der Waals surface area contributed by atoms with Gasteiger partial charge in [-0.3, -0.25) is 4.79 Å². The van der Waals surface area contributed by atoms with Crippen LogP contribution in [-0.4, -0.2) is 29.4 Å². The Morgan fingerprint density at radius 3 is 3.00 bits per heavy atom. The van der Waals surface area contributed by atoms with Crippen molar-refractivity contribution in [3.63, 3.8) is 0 Å². The van der Waals surface area contributed by atoms with Crippen molar-refractivity contribution in [1.29, 1.82) is 0 Å². The summed E-state index contributed by atoms with van der Waals surface area (Å²) in [5.74, 6) is 1.35. The third-order valence-electron chi connectivity index (χ3n) is 2.06. The molecule has 0 spiro atoms. The van der Waals surface area contributed by atoms with Gasteiger partial charge < -0.3 is 11.1 Å². The molecule has 5 heteroatoms. The molecule has 1 aromatic rings. The van der Waals surface area contributed by atoms with Gasteiger partial charge in [0.1, 0.15) is 11.5 Å². The summed E-state index contributed by atoms with van der Waals surface area (Å²) in [6.45, 7) is 0.690. The molecule has 0 saturated carbocycles. The van der Waals surface area contributed by atoms with E-state index >= 15 is 0 Å². The van der Waals surface area contributed by atoms with Crippen molar-refractivity contribution >= 4 is 23.5 Å². The second-order valence-electron chi connectivity index (χ2n) is 3.40. The maximum absolute atomic E-state index is 11.6. The topological polar surface area (TPSA) is 68.0 Å². The summed E-state index contributed by atoms with van der Waals surface area (Å²) in [4.78, 5) is 15.5. The number of hydrogen-bond acceptors (Lipinski definition) is 4. The van der Waals surface area contributed by atoms with Crippen LogP contribution in [0.3, 0.4) is 0 Å². The molecule has 1 rings (SSSR count). The third-order valence-corrected chi connectivity index (χ3v) is 2.76. The molecule has 0 aliphatic carbocycles. The number of pyridine rings is 1. The molecule has 1 heterocycles. The van der Waals surface area contributed by atoms with Gasteiger partial charge in [-0.05, 0) is 37.0 Å². The maximum Gasteiger partial charge on any atom is 0.269 e. The van der Waals surface area contributed by atoms with Gasteiger partial charge in [-0.25, -0.2) is 4.98 Å². The highest BCUT2D eigenvalue weighted by atomic mass is 32.2. The number of hydrogen-bond donors (Lipinski definition) is 2. The molecule has 0 aromatic carbocycles. The van der Waals surface area contributed by atoms with Crippen molar-refractivity contribution in [1.82, 2.24) is 10.3 Å². The Labute approximate surface area is 100 Å². The minimum atomic E-state index is -0.156. The molecule has 4 nitrogen and oxygen atoms in total. The number of nitrogen functional groups attached to an aromatic ring is 1. The molecule has 1 aromatic heterocycles. The first-order chi connectivity index (χ1) is 7.74. The second-order valence-corrected chi connectivity index (χ2v) is 4.39. The fourth-order valence-electron chi connectivity index (χ4n) is 1.24. The number of carbonyl (C=O) groups is 1. The fraction of sp³-hybridized carbons (Fsp3) is 0.455. The molecule has 0 aliphatic heterocycles. The largest absolute Gasteiger partial charge is 0.384 e. The monoisotopic (exact) mass is 239 g/mol. The number of amides is 1.